The molecule has 2 aliphatic rings. The standard InChI is InChI=1S/C12H13F2N3O3.C6H15NO/c13-12(14)5-17(6-12)9-10(20-4-7-1-2-7)16-8(3-15-9)11(18)19;1-6(2,7-3)5-8-4/h3,7H,1-2,4-6H2,(H,18,19);7H,5H2,1-4H3. The second-order valence-electron chi connectivity index (χ2n) is 7.72. The minimum Gasteiger partial charge on any atom is -0.476 e. The van der Waals surface area contributed by atoms with Gasteiger partial charge in [0.25, 0.3) is 11.8 Å². The summed E-state index contributed by atoms with van der Waals surface area (Å²) in [4.78, 5) is 20.0. The molecule has 8 nitrogen and oxygen atoms in total. The van der Waals surface area contributed by atoms with E-state index in [-0.39, 0.29) is 22.9 Å². The molecule has 28 heavy (non-hydrogen) atoms. The fourth-order valence-corrected chi connectivity index (χ4v) is 2.36. The molecule has 1 aromatic heterocycles. The second kappa shape index (κ2) is 8.95. The molecule has 3 rings (SSSR count). The minimum atomic E-state index is -2.74. The molecule has 1 aromatic rings. The Morgan fingerprint density at radius 3 is 2.50 bits per heavy atom. The summed E-state index contributed by atoms with van der Waals surface area (Å²) in [6.07, 6.45) is 3.17. The van der Waals surface area contributed by atoms with E-state index in [0.717, 1.165) is 25.6 Å². The monoisotopic (exact) mass is 402 g/mol. The summed E-state index contributed by atoms with van der Waals surface area (Å²) in [5.41, 5.74) is -0.138. The van der Waals surface area contributed by atoms with Crippen molar-refractivity contribution in [2.45, 2.75) is 38.2 Å². The lowest BCUT2D eigenvalue weighted by molar-refractivity contribution is -0.0270. The van der Waals surface area contributed by atoms with Crippen LogP contribution in [-0.2, 0) is 4.74 Å². The van der Waals surface area contributed by atoms with Crippen LogP contribution in [0.1, 0.15) is 37.2 Å². The summed E-state index contributed by atoms with van der Waals surface area (Å²) < 4.78 is 36.2. The number of methoxy groups -OCH3 is 1. The van der Waals surface area contributed by atoms with Crippen LogP contribution in [0.3, 0.4) is 0 Å². The van der Waals surface area contributed by atoms with E-state index in [0.29, 0.717) is 12.5 Å². The van der Waals surface area contributed by atoms with Crippen LogP contribution < -0.4 is 15.0 Å². The second-order valence-corrected chi connectivity index (χ2v) is 7.72. The summed E-state index contributed by atoms with van der Waals surface area (Å²) in [6, 6.07) is 0. The molecule has 1 aliphatic heterocycles. The fourth-order valence-electron chi connectivity index (χ4n) is 2.36. The van der Waals surface area contributed by atoms with Gasteiger partial charge in [-0.2, -0.15) is 0 Å². The number of hydrogen-bond acceptors (Lipinski definition) is 7. The van der Waals surface area contributed by atoms with Crippen molar-refractivity contribution in [2.24, 2.45) is 5.92 Å². The molecular weight excluding hydrogens is 374 g/mol. The van der Waals surface area contributed by atoms with Gasteiger partial charge in [0.2, 0.25) is 0 Å². The first-order valence-corrected chi connectivity index (χ1v) is 9.10. The molecule has 0 atom stereocenters. The van der Waals surface area contributed by atoms with Crippen LogP contribution in [0.2, 0.25) is 0 Å². The molecule has 10 heteroatoms. The molecule has 158 valence electrons. The Balaban J connectivity index is 0.000000300. The number of aromatic carboxylic acids is 1. The van der Waals surface area contributed by atoms with Gasteiger partial charge in [0.15, 0.2) is 11.5 Å². The highest BCUT2D eigenvalue weighted by atomic mass is 19.3. The summed E-state index contributed by atoms with van der Waals surface area (Å²) in [7, 11) is 3.64. The normalized spacial score (nSPS) is 18.0. The molecule has 0 spiro atoms. The molecule has 1 saturated heterocycles. The minimum absolute atomic E-state index is 0.0206. The highest BCUT2D eigenvalue weighted by Crippen LogP contribution is 2.36. The average Bonchev–Trinajstić information content (AvgIpc) is 3.42. The molecule has 0 bridgehead atoms. The lowest BCUT2D eigenvalue weighted by Crippen LogP contribution is -2.56. The highest BCUT2D eigenvalue weighted by Gasteiger charge is 2.46. The van der Waals surface area contributed by atoms with Crippen LogP contribution in [0.25, 0.3) is 0 Å². The van der Waals surface area contributed by atoms with E-state index in [1.807, 2.05) is 7.05 Å². The lowest BCUT2D eigenvalue weighted by Gasteiger charge is -2.39. The number of ether oxygens (including phenoxy) is 2. The Kier molecular flexibility index (Phi) is 7.11. The summed E-state index contributed by atoms with van der Waals surface area (Å²) >= 11 is 0. The number of rotatable bonds is 8. The van der Waals surface area contributed by atoms with Gasteiger partial charge in [-0.3, -0.25) is 0 Å². The van der Waals surface area contributed by atoms with Crippen molar-refractivity contribution < 1.29 is 28.2 Å². The number of carboxylic acids is 1. The average molecular weight is 402 g/mol. The molecule has 2 N–H and O–H groups in total. The maximum atomic E-state index is 12.9. The smallest absolute Gasteiger partial charge is 0.356 e. The Morgan fingerprint density at radius 1 is 1.43 bits per heavy atom. The van der Waals surface area contributed by atoms with E-state index in [9.17, 15) is 13.6 Å². The SMILES string of the molecule is CNC(C)(C)COC.O=C(O)c1cnc(N2CC(F)(F)C2)c(OCC2CC2)n1. The number of likely N-dealkylation sites (N-methyl/N-ethyl adjacent to an activating group) is 1. The third kappa shape index (κ3) is 6.52. The predicted molar refractivity (Wildman–Crippen MR) is 99.4 cm³/mol. The maximum Gasteiger partial charge on any atom is 0.356 e. The molecule has 0 unspecified atom stereocenters. The largest absolute Gasteiger partial charge is 0.476 e. The van der Waals surface area contributed by atoms with Crippen LogP contribution in [-0.4, -0.2) is 73.0 Å². The summed E-state index contributed by atoms with van der Waals surface area (Å²) in [6.45, 7) is 4.45. The van der Waals surface area contributed by atoms with Gasteiger partial charge in [-0.15, -0.1) is 0 Å². The number of hydrogen-bond donors (Lipinski definition) is 2. The van der Waals surface area contributed by atoms with Gasteiger partial charge < -0.3 is 24.8 Å². The molecule has 0 aromatic carbocycles. The van der Waals surface area contributed by atoms with Crippen molar-refractivity contribution >= 4 is 11.8 Å². The number of carboxylic acid groups (broad SMARTS) is 1. The number of alkyl halides is 2. The van der Waals surface area contributed by atoms with Gasteiger partial charge in [-0.1, -0.05) is 0 Å². The number of nitrogens with one attached hydrogen (secondary N) is 1. The Hall–Kier alpha value is -2.07. The quantitative estimate of drug-likeness (QED) is 0.682. The van der Waals surface area contributed by atoms with Gasteiger partial charge in [0, 0.05) is 12.6 Å². The molecule has 1 aliphatic carbocycles. The Bertz CT molecular complexity index is 676. The zero-order chi connectivity index (χ0) is 20.9. The molecule has 0 radical (unpaired) electrons. The first-order chi connectivity index (χ1) is 13.1. The number of nitrogens with zero attached hydrogens (tertiary/aromatic N) is 3. The van der Waals surface area contributed by atoms with Crippen molar-refractivity contribution in [3.8, 4) is 5.88 Å². The highest BCUT2D eigenvalue weighted by molar-refractivity contribution is 5.85. The molecule has 2 heterocycles. The van der Waals surface area contributed by atoms with Crippen molar-refractivity contribution in [3.63, 3.8) is 0 Å². The van der Waals surface area contributed by atoms with Gasteiger partial charge in [0.1, 0.15) is 0 Å². The zero-order valence-corrected chi connectivity index (χ0v) is 16.7. The summed E-state index contributed by atoms with van der Waals surface area (Å²) in [5, 5.41) is 12.0. The molecular formula is C18H28F2N4O4. The first-order valence-electron chi connectivity index (χ1n) is 9.10. The Morgan fingerprint density at radius 2 is 2.07 bits per heavy atom. The van der Waals surface area contributed by atoms with Crippen LogP contribution in [0, 0.1) is 5.92 Å². The third-order valence-corrected chi connectivity index (χ3v) is 4.42. The van der Waals surface area contributed by atoms with Crippen LogP contribution >= 0.6 is 0 Å². The van der Waals surface area contributed by atoms with E-state index in [2.05, 4.69) is 29.1 Å². The lowest BCUT2D eigenvalue weighted by atomic mass is 10.1. The van der Waals surface area contributed by atoms with Gasteiger partial charge in [-0.25, -0.2) is 23.5 Å². The van der Waals surface area contributed by atoms with Crippen LogP contribution in [0.4, 0.5) is 14.6 Å². The molecule has 0 amide bonds. The summed E-state index contributed by atoms with van der Waals surface area (Å²) in [5.74, 6) is -3.32. The van der Waals surface area contributed by atoms with Crippen molar-refractivity contribution in [1.82, 2.24) is 15.3 Å². The van der Waals surface area contributed by atoms with E-state index in [1.165, 1.54) is 4.90 Å². The van der Waals surface area contributed by atoms with E-state index in [4.69, 9.17) is 14.6 Å². The van der Waals surface area contributed by atoms with E-state index in [1.54, 1.807) is 7.11 Å². The fraction of sp³-hybridized carbons (Fsp3) is 0.722. The third-order valence-electron chi connectivity index (χ3n) is 4.42. The van der Waals surface area contributed by atoms with Crippen molar-refractivity contribution in [2.75, 3.05) is 45.4 Å². The number of anilines is 1. The zero-order valence-electron chi connectivity index (χ0n) is 16.7. The predicted octanol–water partition coefficient (Wildman–Crippen LogP) is 2.05. The van der Waals surface area contributed by atoms with E-state index < -0.39 is 25.0 Å². The van der Waals surface area contributed by atoms with E-state index >= 15 is 0 Å². The van der Waals surface area contributed by atoms with Crippen LogP contribution in [0.15, 0.2) is 6.20 Å². The Labute approximate surface area is 163 Å². The van der Waals surface area contributed by atoms with Crippen molar-refractivity contribution in [1.29, 1.82) is 0 Å². The number of aromatic nitrogens is 2. The topological polar surface area (TPSA) is 96.8 Å². The molecule has 1 saturated carbocycles. The van der Waals surface area contributed by atoms with Crippen molar-refractivity contribution in [3.05, 3.63) is 11.9 Å². The van der Waals surface area contributed by atoms with Crippen LogP contribution in [0.5, 0.6) is 5.88 Å². The van der Waals surface area contributed by atoms with Gasteiger partial charge in [0.05, 0.1) is 32.5 Å². The first kappa shape index (κ1) is 22.2. The number of carbonyl (C=O) groups is 1. The maximum absolute atomic E-state index is 12.9. The molecule has 2 fully saturated rings. The van der Waals surface area contributed by atoms with Gasteiger partial charge in [-0.05, 0) is 39.7 Å². The number of halogens is 2. The van der Waals surface area contributed by atoms with Gasteiger partial charge >= 0.3 is 5.97 Å².